The van der Waals surface area contributed by atoms with Crippen LogP contribution in [0.1, 0.15) is 44.2 Å². The van der Waals surface area contributed by atoms with Crippen molar-refractivity contribution in [3.63, 3.8) is 0 Å². The van der Waals surface area contributed by atoms with E-state index < -0.39 is 0 Å². The molecule has 4 heteroatoms. The maximum atomic E-state index is 9.89. The van der Waals surface area contributed by atoms with E-state index >= 15 is 0 Å². The van der Waals surface area contributed by atoms with E-state index in [9.17, 15) is 5.11 Å². The number of nitrogens with one attached hydrogen (secondary N) is 1. The van der Waals surface area contributed by atoms with Crippen LogP contribution < -0.4 is 5.32 Å². The molecule has 2 saturated carbocycles. The monoisotopic (exact) mass is 263 g/mol. The van der Waals surface area contributed by atoms with E-state index in [1.54, 1.807) is 0 Å². The van der Waals surface area contributed by atoms with Gasteiger partial charge in [0, 0.05) is 30.0 Å². The summed E-state index contributed by atoms with van der Waals surface area (Å²) in [5.74, 6) is 0.585. The summed E-state index contributed by atoms with van der Waals surface area (Å²) in [5, 5.41) is 18.0. The van der Waals surface area contributed by atoms with Gasteiger partial charge in [0.1, 0.15) is 0 Å². The SMILES string of the molecule is Cc1ccnn1CCC1CCCC1(CO)NC1CC1. The first kappa shape index (κ1) is 13.1. The Balaban J connectivity index is 1.63. The molecule has 2 N–H and O–H groups in total. The Morgan fingerprint density at radius 3 is 2.95 bits per heavy atom. The van der Waals surface area contributed by atoms with Gasteiger partial charge < -0.3 is 10.4 Å². The molecule has 0 amide bonds. The number of aliphatic hydroxyl groups is 1. The third-order valence-corrected chi connectivity index (χ3v) is 4.93. The standard InChI is InChI=1S/C15H25N3O/c1-12-6-9-16-18(12)10-7-13-3-2-8-15(13,11-19)17-14-4-5-14/h6,9,13-14,17,19H,2-5,7-8,10-11H2,1H3. The molecule has 0 saturated heterocycles. The van der Waals surface area contributed by atoms with Crippen molar-refractivity contribution < 1.29 is 5.11 Å². The molecule has 0 spiro atoms. The zero-order chi connectivity index (χ0) is 13.3. The van der Waals surface area contributed by atoms with Gasteiger partial charge in [0.25, 0.3) is 0 Å². The fourth-order valence-electron chi connectivity index (χ4n) is 3.55. The average molecular weight is 263 g/mol. The van der Waals surface area contributed by atoms with Gasteiger partial charge >= 0.3 is 0 Å². The van der Waals surface area contributed by atoms with Crippen LogP contribution in [0.2, 0.25) is 0 Å². The number of aromatic nitrogens is 2. The number of hydrogen-bond acceptors (Lipinski definition) is 3. The molecule has 3 rings (SSSR count). The van der Waals surface area contributed by atoms with Gasteiger partial charge in [-0.05, 0) is 51.0 Å². The molecular weight excluding hydrogens is 238 g/mol. The quantitative estimate of drug-likeness (QED) is 0.823. The first-order valence-electron chi connectivity index (χ1n) is 7.60. The Morgan fingerprint density at radius 1 is 1.47 bits per heavy atom. The summed E-state index contributed by atoms with van der Waals surface area (Å²) in [6, 6.07) is 2.72. The molecule has 106 valence electrons. The minimum absolute atomic E-state index is 0.0117. The van der Waals surface area contributed by atoms with Crippen molar-refractivity contribution in [1.29, 1.82) is 0 Å². The molecule has 2 atom stereocenters. The normalized spacial score (nSPS) is 30.9. The minimum Gasteiger partial charge on any atom is -0.394 e. The summed E-state index contributed by atoms with van der Waals surface area (Å²) in [7, 11) is 0. The summed E-state index contributed by atoms with van der Waals surface area (Å²) in [4.78, 5) is 0. The lowest BCUT2D eigenvalue weighted by Gasteiger charge is -2.35. The van der Waals surface area contributed by atoms with Crippen molar-refractivity contribution in [3.05, 3.63) is 18.0 Å². The highest BCUT2D eigenvalue weighted by Gasteiger charge is 2.44. The van der Waals surface area contributed by atoms with E-state index in [-0.39, 0.29) is 12.1 Å². The van der Waals surface area contributed by atoms with Gasteiger partial charge in [0.15, 0.2) is 0 Å². The second-order valence-electron chi connectivity index (χ2n) is 6.31. The molecule has 0 aliphatic heterocycles. The fourth-order valence-corrected chi connectivity index (χ4v) is 3.55. The van der Waals surface area contributed by atoms with Crippen molar-refractivity contribution in [2.45, 2.75) is 63.6 Å². The molecule has 1 aromatic heterocycles. The van der Waals surface area contributed by atoms with Gasteiger partial charge in [-0.25, -0.2) is 0 Å². The highest BCUT2D eigenvalue weighted by Crippen LogP contribution is 2.40. The first-order valence-corrected chi connectivity index (χ1v) is 7.60. The van der Waals surface area contributed by atoms with Crippen LogP contribution in [0.3, 0.4) is 0 Å². The Morgan fingerprint density at radius 2 is 2.32 bits per heavy atom. The smallest absolute Gasteiger partial charge is 0.0616 e. The summed E-state index contributed by atoms with van der Waals surface area (Å²) in [5.41, 5.74) is 1.21. The van der Waals surface area contributed by atoms with Crippen molar-refractivity contribution in [2.24, 2.45) is 5.92 Å². The van der Waals surface area contributed by atoms with Crippen molar-refractivity contribution in [2.75, 3.05) is 6.61 Å². The predicted octanol–water partition coefficient (Wildman–Crippen LogP) is 1.86. The average Bonchev–Trinajstić information content (AvgIpc) is 2.98. The molecule has 0 bridgehead atoms. The molecule has 2 fully saturated rings. The Bertz CT molecular complexity index is 427. The summed E-state index contributed by atoms with van der Waals surface area (Å²) in [6.07, 6.45) is 9.15. The summed E-state index contributed by atoms with van der Waals surface area (Å²) < 4.78 is 2.08. The Labute approximate surface area is 115 Å². The lowest BCUT2D eigenvalue weighted by Crippen LogP contribution is -2.52. The van der Waals surface area contributed by atoms with Crippen LogP contribution in [-0.4, -0.2) is 33.1 Å². The molecule has 19 heavy (non-hydrogen) atoms. The van der Waals surface area contributed by atoms with Crippen molar-refractivity contribution in [1.82, 2.24) is 15.1 Å². The zero-order valence-corrected chi connectivity index (χ0v) is 11.8. The van der Waals surface area contributed by atoms with Crippen LogP contribution in [0.5, 0.6) is 0 Å². The zero-order valence-electron chi connectivity index (χ0n) is 11.8. The van der Waals surface area contributed by atoms with E-state index in [0.717, 1.165) is 19.4 Å². The molecular formula is C15H25N3O. The molecule has 0 radical (unpaired) electrons. The Hall–Kier alpha value is -0.870. The van der Waals surface area contributed by atoms with Crippen LogP contribution in [0.15, 0.2) is 12.3 Å². The number of rotatable bonds is 6. The van der Waals surface area contributed by atoms with Gasteiger partial charge in [-0.15, -0.1) is 0 Å². The molecule has 1 heterocycles. The second-order valence-corrected chi connectivity index (χ2v) is 6.31. The predicted molar refractivity (Wildman–Crippen MR) is 74.9 cm³/mol. The number of hydrogen-bond donors (Lipinski definition) is 2. The third-order valence-electron chi connectivity index (χ3n) is 4.93. The van der Waals surface area contributed by atoms with Crippen molar-refractivity contribution in [3.8, 4) is 0 Å². The largest absolute Gasteiger partial charge is 0.394 e. The van der Waals surface area contributed by atoms with Crippen LogP contribution in [-0.2, 0) is 6.54 Å². The highest BCUT2D eigenvalue weighted by atomic mass is 16.3. The molecule has 2 unspecified atom stereocenters. The van der Waals surface area contributed by atoms with Gasteiger partial charge in [-0.3, -0.25) is 4.68 Å². The maximum Gasteiger partial charge on any atom is 0.0616 e. The minimum atomic E-state index is -0.0117. The molecule has 2 aliphatic carbocycles. The number of aliphatic hydroxyl groups excluding tert-OH is 1. The lowest BCUT2D eigenvalue weighted by atomic mass is 9.85. The highest BCUT2D eigenvalue weighted by molar-refractivity contribution is 5.03. The van der Waals surface area contributed by atoms with Crippen LogP contribution in [0, 0.1) is 12.8 Å². The van der Waals surface area contributed by atoms with Gasteiger partial charge in [0.05, 0.1) is 6.61 Å². The van der Waals surface area contributed by atoms with E-state index in [1.807, 2.05) is 6.20 Å². The van der Waals surface area contributed by atoms with Crippen LogP contribution in [0.4, 0.5) is 0 Å². The van der Waals surface area contributed by atoms with Gasteiger partial charge in [-0.1, -0.05) is 6.42 Å². The van der Waals surface area contributed by atoms with Gasteiger partial charge in [-0.2, -0.15) is 5.10 Å². The molecule has 2 aliphatic rings. The van der Waals surface area contributed by atoms with E-state index in [1.165, 1.54) is 31.4 Å². The Kier molecular flexibility index (Phi) is 3.63. The van der Waals surface area contributed by atoms with Gasteiger partial charge in [0.2, 0.25) is 0 Å². The van der Waals surface area contributed by atoms with E-state index in [2.05, 4.69) is 28.1 Å². The molecule has 0 aromatic carbocycles. The molecule has 1 aromatic rings. The third kappa shape index (κ3) is 2.70. The fraction of sp³-hybridized carbons (Fsp3) is 0.800. The summed E-state index contributed by atoms with van der Waals surface area (Å²) in [6.45, 7) is 3.35. The van der Waals surface area contributed by atoms with Crippen LogP contribution in [0.25, 0.3) is 0 Å². The maximum absolute atomic E-state index is 9.89. The summed E-state index contributed by atoms with van der Waals surface area (Å²) >= 11 is 0. The number of aryl methyl sites for hydroxylation is 2. The topological polar surface area (TPSA) is 50.1 Å². The molecule has 4 nitrogen and oxygen atoms in total. The lowest BCUT2D eigenvalue weighted by molar-refractivity contribution is 0.114. The second kappa shape index (κ2) is 5.25. The first-order chi connectivity index (χ1) is 9.23. The van der Waals surface area contributed by atoms with E-state index in [0.29, 0.717) is 12.0 Å². The van der Waals surface area contributed by atoms with Crippen LogP contribution >= 0.6 is 0 Å². The van der Waals surface area contributed by atoms with E-state index in [4.69, 9.17) is 0 Å². The number of nitrogens with zero attached hydrogens (tertiary/aromatic N) is 2. The van der Waals surface area contributed by atoms with Crippen molar-refractivity contribution >= 4 is 0 Å².